The first kappa shape index (κ1) is 29.8. The number of benzene rings is 1. The Morgan fingerprint density at radius 3 is 2.74 bits per heavy atom. The fourth-order valence-electron chi connectivity index (χ4n) is 4.23. The Labute approximate surface area is 225 Å². The zero-order chi connectivity index (χ0) is 28.1. The molecule has 0 bridgehead atoms. The van der Waals surface area contributed by atoms with Crippen LogP contribution in [0.15, 0.2) is 35.2 Å². The molecule has 2 aliphatic heterocycles. The van der Waals surface area contributed by atoms with Crippen molar-refractivity contribution in [3.05, 3.63) is 30.4 Å². The lowest BCUT2D eigenvalue weighted by Gasteiger charge is -2.33. The Hall–Kier alpha value is -2.77. The van der Waals surface area contributed by atoms with E-state index in [1.165, 1.54) is 25.3 Å². The van der Waals surface area contributed by atoms with Gasteiger partial charge < -0.3 is 29.5 Å². The van der Waals surface area contributed by atoms with Crippen molar-refractivity contribution in [2.45, 2.75) is 68.6 Å². The van der Waals surface area contributed by atoms with Gasteiger partial charge in [0.25, 0.3) is 0 Å². The summed E-state index contributed by atoms with van der Waals surface area (Å²) < 4.78 is 45.3. The van der Waals surface area contributed by atoms with E-state index in [-0.39, 0.29) is 29.7 Å². The van der Waals surface area contributed by atoms with Gasteiger partial charge in [0.15, 0.2) is 0 Å². The molecule has 0 aromatic heterocycles. The molecule has 2 radical (unpaired) electrons. The number of carbonyl (C=O) groups is 2. The molecule has 1 fully saturated rings. The number of fused-ring (bicyclic) bond motifs is 2. The Morgan fingerprint density at radius 1 is 1.32 bits per heavy atom. The molecule has 1 aromatic carbocycles. The van der Waals surface area contributed by atoms with Crippen molar-refractivity contribution in [2.75, 3.05) is 33.4 Å². The first-order chi connectivity index (χ1) is 17.8. The van der Waals surface area contributed by atoms with Crippen LogP contribution in [0.1, 0.15) is 40.0 Å². The lowest BCUT2D eigenvalue weighted by molar-refractivity contribution is -0.128. The van der Waals surface area contributed by atoms with Crippen LogP contribution in [-0.4, -0.2) is 99.6 Å². The normalized spacial score (nSPS) is 22.8. The molecule has 3 atom stereocenters. The van der Waals surface area contributed by atoms with Gasteiger partial charge in [-0.25, -0.2) is 13.2 Å². The van der Waals surface area contributed by atoms with Crippen molar-refractivity contribution in [1.29, 1.82) is 0 Å². The Morgan fingerprint density at radius 2 is 2.05 bits per heavy atom. The third kappa shape index (κ3) is 7.64. The number of aliphatic hydroxyl groups excluding tert-OH is 1. The van der Waals surface area contributed by atoms with Gasteiger partial charge in [0.05, 0.1) is 19.8 Å². The molecule has 3 rings (SSSR count). The largest absolute Gasteiger partial charge is 0.497 e. The molecule has 2 amide bonds. The van der Waals surface area contributed by atoms with E-state index in [1.54, 1.807) is 25.7 Å². The van der Waals surface area contributed by atoms with E-state index >= 15 is 0 Å². The fourth-order valence-corrected chi connectivity index (χ4v) is 5.83. The predicted octanol–water partition coefficient (Wildman–Crippen LogP) is 1.40. The van der Waals surface area contributed by atoms with E-state index in [0.29, 0.717) is 31.6 Å². The van der Waals surface area contributed by atoms with Crippen molar-refractivity contribution in [3.8, 4) is 11.5 Å². The van der Waals surface area contributed by atoms with Crippen molar-refractivity contribution in [1.82, 2.24) is 14.5 Å². The molecule has 11 nitrogen and oxygen atoms in total. The summed E-state index contributed by atoms with van der Waals surface area (Å²) in [7, 11) is 3.21. The number of amides is 2. The first-order valence-electron chi connectivity index (χ1n) is 12.5. The number of ether oxygens (including phenoxy) is 3. The van der Waals surface area contributed by atoms with Crippen molar-refractivity contribution in [3.63, 3.8) is 0 Å². The second-order valence-electron chi connectivity index (χ2n) is 10.2. The number of nitrogens with one attached hydrogen (secondary N) is 1. The molecular formula is C25H36BN3O8S. The summed E-state index contributed by atoms with van der Waals surface area (Å²) in [6, 6.07) is 3.97. The number of sulfonamides is 1. The standard InChI is InChI=1S/C25H36BN3O8S/c1-25(2,3)37-24(32)27-23(26)19(30)16-28-15-17-8-11-22(31)29(17)12-6-5-7-13-36-20-14-18(35-4)9-10-21(20)38(28,33)34/h5-6,9-10,14,17,19,23,30H,7-8,11-13,15-16H2,1-4H3,(H,27,32)/b6-5-/t17-,19-,23-/m1/s1. The summed E-state index contributed by atoms with van der Waals surface area (Å²) in [6.07, 6.45) is 2.69. The summed E-state index contributed by atoms with van der Waals surface area (Å²) in [5.41, 5.74) is -0.786. The zero-order valence-electron chi connectivity index (χ0n) is 22.3. The lowest BCUT2D eigenvalue weighted by atomic mass is 9.91. The van der Waals surface area contributed by atoms with Crippen LogP contribution in [0.3, 0.4) is 0 Å². The lowest BCUT2D eigenvalue weighted by Crippen LogP contribution is -2.52. The first-order valence-corrected chi connectivity index (χ1v) is 13.9. The molecule has 13 heteroatoms. The second kappa shape index (κ2) is 12.4. The highest BCUT2D eigenvalue weighted by atomic mass is 32.2. The maximum atomic E-state index is 14.0. The summed E-state index contributed by atoms with van der Waals surface area (Å²) in [5.74, 6) is -0.869. The molecule has 1 saturated heterocycles. The van der Waals surface area contributed by atoms with Gasteiger partial charge in [0, 0.05) is 44.1 Å². The molecule has 38 heavy (non-hydrogen) atoms. The quantitative estimate of drug-likeness (QED) is 0.416. The van der Waals surface area contributed by atoms with Crippen LogP contribution >= 0.6 is 0 Å². The van der Waals surface area contributed by atoms with E-state index < -0.39 is 46.3 Å². The van der Waals surface area contributed by atoms with E-state index in [1.807, 2.05) is 12.2 Å². The van der Waals surface area contributed by atoms with Gasteiger partial charge in [0.2, 0.25) is 15.9 Å². The van der Waals surface area contributed by atoms with E-state index in [2.05, 4.69) is 5.32 Å². The molecule has 0 aliphatic carbocycles. The van der Waals surface area contributed by atoms with Crippen LogP contribution < -0.4 is 14.8 Å². The van der Waals surface area contributed by atoms with Crippen LogP contribution in [0.25, 0.3) is 0 Å². The minimum Gasteiger partial charge on any atom is -0.497 e. The molecular weight excluding hydrogens is 513 g/mol. The maximum Gasteiger partial charge on any atom is 0.407 e. The highest BCUT2D eigenvalue weighted by molar-refractivity contribution is 7.89. The number of methoxy groups -OCH3 is 1. The van der Waals surface area contributed by atoms with E-state index in [4.69, 9.17) is 22.1 Å². The van der Waals surface area contributed by atoms with Gasteiger partial charge in [0.1, 0.15) is 29.8 Å². The summed E-state index contributed by atoms with van der Waals surface area (Å²) in [4.78, 5) is 26.2. The number of alkyl carbamates (subject to hydrolysis) is 1. The topological polar surface area (TPSA) is 135 Å². The van der Waals surface area contributed by atoms with Gasteiger partial charge in [-0.15, -0.1) is 0 Å². The summed E-state index contributed by atoms with van der Waals surface area (Å²) in [5, 5.41) is 13.2. The zero-order valence-corrected chi connectivity index (χ0v) is 23.1. The van der Waals surface area contributed by atoms with Crippen LogP contribution in [-0.2, 0) is 19.6 Å². The number of nitrogens with zero attached hydrogens (tertiary/aromatic N) is 2. The molecule has 0 unspecified atom stereocenters. The fraction of sp³-hybridized carbons (Fsp3) is 0.600. The van der Waals surface area contributed by atoms with Crippen LogP contribution in [0, 0.1) is 0 Å². The maximum absolute atomic E-state index is 14.0. The Balaban J connectivity index is 1.95. The smallest absolute Gasteiger partial charge is 0.407 e. The van der Waals surface area contributed by atoms with Gasteiger partial charge in [-0.2, -0.15) is 4.31 Å². The van der Waals surface area contributed by atoms with Gasteiger partial charge in [-0.1, -0.05) is 12.2 Å². The Kier molecular flexibility index (Phi) is 9.72. The third-order valence-electron chi connectivity index (χ3n) is 6.14. The number of β-amino-alcohol motifs (C(OH)–C–C–N with tert-alkyl or cyclic N) is 1. The van der Waals surface area contributed by atoms with Gasteiger partial charge >= 0.3 is 6.09 Å². The second-order valence-corrected chi connectivity index (χ2v) is 12.1. The molecule has 2 heterocycles. The number of aliphatic hydroxyl groups is 1. The number of hydrogen-bond donors (Lipinski definition) is 2. The average Bonchev–Trinajstić information content (AvgIpc) is 3.17. The average molecular weight is 549 g/mol. The van der Waals surface area contributed by atoms with Gasteiger partial charge in [-0.05, 0) is 45.7 Å². The number of rotatable bonds is 5. The molecule has 2 N–H and O–H groups in total. The number of hydrogen-bond acceptors (Lipinski definition) is 8. The minimum atomic E-state index is -4.25. The minimum absolute atomic E-state index is 0.0721. The van der Waals surface area contributed by atoms with E-state index in [0.717, 1.165) is 4.31 Å². The van der Waals surface area contributed by atoms with Crippen LogP contribution in [0.4, 0.5) is 4.79 Å². The molecule has 2 aliphatic rings. The summed E-state index contributed by atoms with van der Waals surface area (Å²) in [6.45, 7) is 5.05. The SMILES string of the molecule is [B][C@H](NC(=O)OC(C)(C)C)[C@H](O)CN1C[C@H]2CCC(=O)N2C/C=C\CCOc2cc(OC)ccc2S1(=O)=O. The van der Waals surface area contributed by atoms with Crippen molar-refractivity contribution >= 4 is 29.9 Å². The third-order valence-corrected chi connectivity index (χ3v) is 8.01. The highest BCUT2D eigenvalue weighted by Gasteiger charge is 2.38. The molecule has 0 spiro atoms. The Bertz CT molecular complexity index is 1140. The van der Waals surface area contributed by atoms with Gasteiger partial charge in [-0.3, -0.25) is 4.79 Å². The molecule has 208 valence electrons. The molecule has 0 saturated carbocycles. The monoisotopic (exact) mass is 549 g/mol. The van der Waals surface area contributed by atoms with Crippen LogP contribution in [0.2, 0.25) is 0 Å². The number of carbonyl (C=O) groups excluding carboxylic acids is 2. The summed E-state index contributed by atoms with van der Waals surface area (Å²) >= 11 is 0. The van der Waals surface area contributed by atoms with Crippen LogP contribution in [0.5, 0.6) is 11.5 Å². The van der Waals surface area contributed by atoms with E-state index in [9.17, 15) is 23.1 Å². The van der Waals surface area contributed by atoms with Crippen molar-refractivity contribution in [2.24, 2.45) is 0 Å². The highest BCUT2D eigenvalue weighted by Crippen LogP contribution is 2.32. The predicted molar refractivity (Wildman–Crippen MR) is 141 cm³/mol. The molecule has 1 aromatic rings. The van der Waals surface area contributed by atoms with Crippen molar-refractivity contribution < 1.29 is 37.3 Å².